The second kappa shape index (κ2) is 8.09. The van der Waals surface area contributed by atoms with Gasteiger partial charge < -0.3 is 5.32 Å². The minimum absolute atomic E-state index is 0.464. The van der Waals surface area contributed by atoms with Crippen molar-refractivity contribution < 1.29 is 0 Å². The fraction of sp³-hybridized carbons (Fsp3) is 0.600. The van der Waals surface area contributed by atoms with E-state index in [1.54, 1.807) is 0 Å². The van der Waals surface area contributed by atoms with Gasteiger partial charge in [0.25, 0.3) is 0 Å². The Morgan fingerprint density at radius 1 is 1.06 bits per heavy atom. The van der Waals surface area contributed by atoms with Crippen molar-refractivity contribution in [2.45, 2.75) is 46.1 Å². The number of halogens is 1. The molecule has 1 nitrogen and oxygen atoms in total. The van der Waals surface area contributed by atoms with Crippen molar-refractivity contribution in [1.82, 2.24) is 5.32 Å². The molecule has 1 rings (SSSR count). The first-order valence-electron chi connectivity index (χ1n) is 6.58. The molecule has 0 aliphatic heterocycles. The van der Waals surface area contributed by atoms with Crippen LogP contribution in [0.25, 0.3) is 0 Å². The molecule has 96 valence electrons. The van der Waals surface area contributed by atoms with Crippen molar-refractivity contribution in [2.75, 3.05) is 6.54 Å². The van der Waals surface area contributed by atoms with E-state index in [1.807, 2.05) is 0 Å². The molecule has 1 N–H and O–H groups in total. The van der Waals surface area contributed by atoms with Crippen LogP contribution in [0, 0.1) is 9.49 Å². The second-order valence-corrected chi connectivity index (χ2v) is 6.36. The molecule has 0 aliphatic carbocycles. The molecule has 1 atom stereocenters. The average molecular weight is 345 g/mol. The van der Waals surface area contributed by atoms with Gasteiger partial charge in [0, 0.05) is 9.61 Å². The Bertz CT molecular complexity index is 305. The van der Waals surface area contributed by atoms with Crippen LogP contribution in [0.1, 0.15) is 51.6 Å². The lowest BCUT2D eigenvalue weighted by atomic mass is 10.1. The van der Waals surface area contributed by atoms with Crippen molar-refractivity contribution >= 4 is 22.6 Å². The Morgan fingerprint density at radius 3 is 2.29 bits per heavy atom. The van der Waals surface area contributed by atoms with Crippen LogP contribution in [-0.4, -0.2) is 6.54 Å². The topological polar surface area (TPSA) is 12.0 Å². The van der Waals surface area contributed by atoms with Crippen LogP contribution < -0.4 is 5.32 Å². The van der Waals surface area contributed by atoms with Crippen molar-refractivity contribution in [2.24, 2.45) is 5.92 Å². The van der Waals surface area contributed by atoms with Gasteiger partial charge in [-0.25, -0.2) is 0 Å². The molecule has 0 spiro atoms. The summed E-state index contributed by atoms with van der Waals surface area (Å²) in [6.45, 7) is 7.95. The van der Waals surface area contributed by atoms with E-state index >= 15 is 0 Å². The summed E-state index contributed by atoms with van der Waals surface area (Å²) in [5, 5.41) is 3.59. The summed E-state index contributed by atoms with van der Waals surface area (Å²) in [6.07, 6.45) is 3.97. The lowest BCUT2D eigenvalue weighted by Gasteiger charge is -2.14. The van der Waals surface area contributed by atoms with Gasteiger partial charge in [-0.05, 0) is 66.1 Å². The third-order valence-corrected chi connectivity index (χ3v) is 3.75. The first kappa shape index (κ1) is 15.0. The Balaban J connectivity index is 2.21. The highest BCUT2D eigenvalue weighted by Gasteiger charge is 2.03. The molecule has 17 heavy (non-hydrogen) atoms. The highest BCUT2D eigenvalue weighted by Crippen LogP contribution is 2.14. The summed E-state index contributed by atoms with van der Waals surface area (Å²) in [5.74, 6) is 0.837. The SMILES string of the molecule is CC(C)CCCCNC(C)c1ccc(I)cc1. The molecule has 1 aromatic carbocycles. The van der Waals surface area contributed by atoms with Crippen LogP contribution in [0.4, 0.5) is 0 Å². The Labute approximate surface area is 120 Å². The van der Waals surface area contributed by atoms with E-state index in [-0.39, 0.29) is 0 Å². The van der Waals surface area contributed by atoms with E-state index < -0.39 is 0 Å². The molecular formula is C15H24IN. The van der Waals surface area contributed by atoms with E-state index in [0.29, 0.717) is 6.04 Å². The maximum absolute atomic E-state index is 3.59. The summed E-state index contributed by atoms with van der Waals surface area (Å²) >= 11 is 2.35. The van der Waals surface area contributed by atoms with Gasteiger partial charge >= 0.3 is 0 Å². The molecule has 0 saturated heterocycles. The van der Waals surface area contributed by atoms with E-state index in [2.05, 4.69) is 72.9 Å². The number of hydrogen-bond acceptors (Lipinski definition) is 1. The maximum Gasteiger partial charge on any atom is 0.0291 e. The zero-order chi connectivity index (χ0) is 12.7. The fourth-order valence-electron chi connectivity index (χ4n) is 1.87. The van der Waals surface area contributed by atoms with Gasteiger partial charge in [0.05, 0.1) is 0 Å². The lowest BCUT2D eigenvalue weighted by Crippen LogP contribution is -2.19. The van der Waals surface area contributed by atoms with Crippen molar-refractivity contribution in [3.05, 3.63) is 33.4 Å². The number of unbranched alkanes of at least 4 members (excludes halogenated alkanes) is 1. The van der Waals surface area contributed by atoms with Gasteiger partial charge in [-0.3, -0.25) is 0 Å². The summed E-state index contributed by atoms with van der Waals surface area (Å²) in [5.41, 5.74) is 1.38. The molecule has 1 aromatic rings. The first-order chi connectivity index (χ1) is 8.09. The molecule has 0 heterocycles. The summed E-state index contributed by atoms with van der Waals surface area (Å²) in [6, 6.07) is 9.24. The van der Waals surface area contributed by atoms with Crippen molar-refractivity contribution in [3.8, 4) is 0 Å². The fourth-order valence-corrected chi connectivity index (χ4v) is 2.23. The maximum atomic E-state index is 3.59. The molecule has 0 aromatic heterocycles. The number of rotatable bonds is 7. The van der Waals surface area contributed by atoms with Crippen LogP contribution in [0.15, 0.2) is 24.3 Å². The Hall–Kier alpha value is -0.0900. The van der Waals surface area contributed by atoms with Crippen LogP contribution in [0.2, 0.25) is 0 Å². The van der Waals surface area contributed by atoms with Gasteiger partial charge in [0.15, 0.2) is 0 Å². The van der Waals surface area contributed by atoms with Gasteiger partial charge in [-0.2, -0.15) is 0 Å². The normalized spacial score (nSPS) is 13.0. The predicted molar refractivity (Wildman–Crippen MR) is 84.3 cm³/mol. The molecule has 0 fully saturated rings. The monoisotopic (exact) mass is 345 g/mol. The minimum Gasteiger partial charge on any atom is -0.310 e. The van der Waals surface area contributed by atoms with E-state index in [9.17, 15) is 0 Å². The average Bonchev–Trinajstić information content (AvgIpc) is 2.29. The van der Waals surface area contributed by atoms with Gasteiger partial charge in [0.2, 0.25) is 0 Å². The van der Waals surface area contributed by atoms with Crippen LogP contribution >= 0.6 is 22.6 Å². The smallest absolute Gasteiger partial charge is 0.0291 e. The van der Waals surface area contributed by atoms with Crippen LogP contribution in [0.5, 0.6) is 0 Å². The van der Waals surface area contributed by atoms with Gasteiger partial charge in [0.1, 0.15) is 0 Å². The minimum atomic E-state index is 0.464. The summed E-state index contributed by atoms with van der Waals surface area (Å²) in [4.78, 5) is 0. The van der Waals surface area contributed by atoms with E-state index in [1.165, 1.54) is 28.4 Å². The third-order valence-electron chi connectivity index (χ3n) is 3.03. The standard InChI is InChI=1S/C15H24IN/c1-12(2)6-4-5-11-17-13(3)14-7-9-15(16)10-8-14/h7-10,12-13,17H,4-6,11H2,1-3H3. The zero-order valence-corrected chi connectivity index (χ0v) is 13.3. The van der Waals surface area contributed by atoms with Crippen LogP contribution in [0.3, 0.4) is 0 Å². The second-order valence-electron chi connectivity index (χ2n) is 5.12. The highest BCUT2D eigenvalue weighted by atomic mass is 127. The molecule has 0 bridgehead atoms. The quantitative estimate of drug-likeness (QED) is 0.555. The predicted octanol–water partition coefficient (Wildman–Crippen LogP) is 4.77. The first-order valence-corrected chi connectivity index (χ1v) is 7.66. The molecule has 0 saturated carbocycles. The van der Waals surface area contributed by atoms with E-state index in [4.69, 9.17) is 0 Å². The van der Waals surface area contributed by atoms with Gasteiger partial charge in [-0.1, -0.05) is 38.8 Å². The molecular weight excluding hydrogens is 321 g/mol. The number of hydrogen-bond donors (Lipinski definition) is 1. The Morgan fingerprint density at radius 2 is 1.71 bits per heavy atom. The molecule has 0 aliphatic rings. The van der Waals surface area contributed by atoms with Crippen molar-refractivity contribution in [3.63, 3.8) is 0 Å². The van der Waals surface area contributed by atoms with Gasteiger partial charge in [-0.15, -0.1) is 0 Å². The van der Waals surface area contributed by atoms with E-state index in [0.717, 1.165) is 12.5 Å². The molecule has 1 unspecified atom stereocenters. The lowest BCUT2D eigenvalue weighted by molar-refractivity contribution is 0.498. The summed E-state index contributed by atoms with van der Waals surface area (Å²) in [7, 11) is 0. The highest BCUT2D eigenvalue weighted by molar-refractivity contribution is 14.1. The Kier molecular flexibility index (Phi) is 7.12. The zero-order valence-electron chi connectivity index (χ0n) is 11.2. The summed E-state index contributed by atoms with van der Waals surface area (Å²) < 4.78 is 1.30. The molecule has 2 heteroatoms. The largest absolute Gasteiger partial charge is 0.310 e. The molecule has 0 amide bonds. The number of benzene rings is 1. The molecule has 0 radical (unpaired) electrons. The number of nitrogens with one attached hydrogen (secondary N) is 1. The third kappa shape index (κ3) is 6.41. The van der Waals surface area contributed by atoms with Crippen LogP contribution in [-0.2, 0) is 0 Å². The van der Waals surface area contributed by atoms with Crippen molar-refractivity contribution in [1.29, 1.82) is 0 Å².